The Labute approximate surface area is 92.3 Å². The minimum Gasteiger partial charge on any atom is -0.383 e. The van der Waals surface area contributed by atoms with Gasteiger partial charge in [0.2, 0.25) is 5.91 Å². The molecule has 0 heterocycles. The molecule has 0 unspecified atom stereocenters. The summed E-state index contributed by atoms with van der Waals surface area (Å²) in [6, 6.07) is 0. The number of rotatable bonds is 9. The highest BCUT2D eigenvalue weighted by Crippen LogP contribution is 1.93. The van der Waals surface area contributed by atoms with Gasteiger partial charge in [-0.05, 0) is 12.8 Å². The Balaban J connectivity index is 3.46. The van der Waals surface area contributed by atoms with Crippen molar-refractivity contribution in [1.82, 2.24) is 10.2 Å². The van der Waals surface area contributed by atoms with Gasteiger partial charge in [-0.15, -0.1) is 6.58 Å². The van der Waals surface area contributed by atoms with Gasteiger partial charge in [0.15, 0.2) is 0 Å². The van der Waals surface area contributed by atoms with Crippen LogP contribution in [-0.4, -0.2) is 51.2 Å². The Morgan fingerprint density at radius 2 is 2.33 bits per heavy atom. The van der Waals surface area contributed by atoms with Crippen molar-refractivity contribution in [2.45, 2.75) is 12.8 Å². The number of carbonyl (C=O) groups is 1. The van der Waals surface area contributed by atoms with Crippen LogP contribution in [-0.2, 0) is 9.53 Å². The lowest BCUT2D eigenvalue weighted by Crippen LogP contribution is -2.37. The van der Waals surface area contributed by atoms with Crippen LogP contribution in [0.25, 0.3) is 0 Å². The largest absolute Gasteiger partial charge is 0.383 e. The van der Waals surface area contributed by atoms with Crippen molar-refractivity contribution in [3.8, 4) is 0 Å². The number of unbranched alkanes of at least 4 members (excludes halogenated alkanes) is 1. The quantitative estimate of drug-likeness (QED) is 0.452. The first-order valence-corrected chi connectivity index (χ1v) is 5.27. The molecule has 0 spiro atoms. The third kappa shape index (κ3) is 8.15. The van der Waals surface area contributed by atoms with Gasteiger partial charge in [0.05, 0.1) is 13.2 Å². The van der Waals surface area contributed by atoms with Crippen molar-refractivity contribution in [1.29, 1.82) is 0 Å². The molecule has 88 valence electrons. The standard InChI is InChI=1S/C11H22N2O2/c1-4-5-6-8-13(2)11(14)10-12-7-9-15-3/h4,12H,1,5-10H2,2-3H3. The van der Waals surface area contributed by atoms with Crippen LogP contribution in [0.5, 0.6) is 0 Å². The minimum atomic E-state index is 0.121. The molecule has 0 saturated carbocycles. The minimum absolute atomic E-state index is 0.121. The summed E-state index contributed by atoms with van der Waals surface area (Å²) in [6.45, 7) is 6.16. The van der Waals surface area contributed by atoms with Gasteiger partial charge in [-0.2, -0.15) is 0 Å². The average molecular weight is 214 g/mol. The molecule has 0 radical (unpaired) electrons. The SMILES string of the molecule is C=CCCCN(C)C(=O)CNCCOC. The molecule has 0 fully saturated rings. The number of allylic oxidation sites excluding steroid dienone is 1. The lowest BCUT2D eigenvalue weighted by molar-refractivity contribution is -0.129. The van der Waals surface area contributed by atoms with Gasteiger partial charge in [0, 0.05) is 27.2 Å². The van der Waals surface area contributed by atoms with E-state index in [0.717, 1.165) is 19.4 Å². The summed E-state index contributed by atoms with van der Waals surface area (Å²) in [5.41, 5.74) is 0. The van der Waals surface area contributed by atoms with Crippen molar-refractivity contribution < 1.29 is 9.53 Å². The number of amides is 1. The van der Waals surface area contributed by atoms with Crippen LogP contribution in [0.15, 0.2) is 12.7 Å². The molecule has 0 aromatic heterocycles. The van der Waals surface area contributed by atoms with Crippen molar-refractivity contribution in [3.63, 3.8) is 0 Å². The highest BCUT2D eigenvalue weighted by Gasteiger charge is 2.06. The zero-order valence-corrected chi connectivity index (χ0v) is 9.79. The molecule has 0 bridgehead atoms. The molecular formula is C11H22N2O2. The maximum absolute atomic E-state index is 11.5. The second kappa shape index (κ2) is 9.68. The van der Waals surface area contributed by atoms with Crippen LogP contribution in [0, 0.1) is 0 Å². The summed E-state index contributed by atoms with van der Waals surface area (Å²) in [7, 11) is 3.47. The van der Waals surface area contributed by atoms with E-state index in [-0.39, 0.29) is 5.91 Å². The van der Waals surface area contributed by atoms with Gasteiger partial charge in [-0.25, -0.2) is 0 Å². The van der Waals surface area contributed by atoms with E-state index in [1.807, 2.05) is 13.1 Å². The lowest BCUT2D eigenvalue weighted by Gasteiger charge is -2.16. The fourth-order valence-corrected chi connectivity index (χ4v) is 1.10. The Hall–Kier alpha value is -0.870. The monoisotopic (exact) mass is 214 g/mol. The molecule has 4 nitrogen and oxygen atoms in total. The number of nitrogens with one attached hydrogen (secondary N) is 1. The van der Waals surface area contributed by atoms with E-state index in [1.165, 1.54) is 0 Å². The highest BCUT2D eigenvalue weighted by molar-refractivity contribution is 5.77. The van der Waals surface area contributed by atoms with Crippen LogP contribution >= 0.6 is 0 Å². The maximum atomic E-state index is 11.5. The fraction of sp³-hybridized carbons (Fsp3) is 0.727. The summed E-state index contributed by atoms with van der Waals surface area (Å²) in [4.78, 5) is 13.2. The van der Waals surface area contributed by atoms with E-state index in [1.54, 1.807) is 12.0 Å². The number of methoxy groups -OCH3 is 1. The zero-order valence-electron chi connectivity index (χ0n) is 9.79. The summed E-state index contributed by atoms with van der Waals surface area (Å²) in [5, 5.41) is 3.02. The highest BCUT2D eigenvalue weighted by atomic mass is 16.5. The van der Waals surface area contributed by atoms with Gasteiger partial charge in [-0.3, -0.25) is 4.79 Å². The lowest BCUT2D eigenvalue weighted by atomic mass is 10.3. The fourth-order valence-electron chi connectivity index (χ4n) is 1.10. The third-order valence-corrected chi connectivity index (χ3v) is 2.09. The van der Waals surface area contributed by atoms with Gasteiger partial charge in [0.1, 0.15) is 0 Å². The molecule has 0 aromatic carbocycles. The second-order valence-corrected chi connectivity index (χ2v) is 3.42. The van der Waals surface area contributed by atoms with E-state index in [9.17, 15) is 4.79 Å². The predicted octanol–water partition coefficient (Wildman–Crippen LogP) is 0.647. The molecule has 0 aliphatic carbocycles. The molecule has 0 aliphatic heterocycles. The smallest absolute Gasteiger partial charge is 0.236 e. The summed E-state index contributed by atoms with van der Waals surface area (Å²) < 4.78 is 4.87. The van der Waals surface area contributed by atoms with Crippen molar-refractivity contribution in [2.75, 3.05) is 40.4 Å². The molecular weight excluding hydrogens is 192 g/mol. The Morgan fingerprint density at radius 1 is 1.60 bits per heavy atom. The molecule has 4 heteroatoms. The topological polar surface area (TPSA) is 41.6 Å². The van der Waals surface area contributed by atoms with Crippen LogP contribution in [0.3, 0.4) is 0 Å². The number of carbonyl (C=O) groups excluding carboxylic acids is 1. The van der Waals surface area contributed by atoms with Gasteiger partial charge in [0.25, 0.3) is 0 Å². The number of nitrogens with zero attached hydrogens (tertiary/aromatic N) is 1. The normalized spacial score (nSPS) is 10.0. The van der Waals surface area contributed by atoms with Gasteiger partial charge >= 0.3 is 0 Å². The first-order valence-electron chi connectivity index (χ1n) is 5.27. The van der Waals surface area contributed by atoms with Crippen LogP contribution < -0.4 is 5.32 Å². The summed E-state index contributed by atoms with van der Waals surface area (Å²) >= 11 is 0. The Kier molecular flexibility index (Phi) is 9.11. The predicted molar refractivity (Wildman–Crippen MR) is 61.8 cm³/mol. The number of hydrogen-bond donors (Lipinski definition) is 1. The maximum Gasteiger partial charge on any atom is 0.236 e. The van der Waals surface area contributed by atoms with E-state index in [2.05, 4.69) is 11.9 Å². The van der Waals surface area contributed by atoms with E-state index >= 15 is 0 Å². The molecule has 0 rings (SSSR count). The molecule has 0 aromatic rings. The second-order valence-electron chi connectivity index (χ2n) is 3.42. The Morgan fingerprint density at radius 3 is 2.93 bits per heavy atom. The van der Waals surface area contributed by atoms with E-state index in [4.69, 9.17) is 4.74 Å². The van der Waals surface area contributed by atoms with Crippen molar-refractivity contribution in [2.24, 2.45) is 0 Å². The van der Waals surface area contributed by atoms with Crippen LogP contribution in [0.2, 0.25) is 0 Å². The number of hydrogen-bond acceptors (Lipinski definition) is 3. The molecule has 1 N–H and O–H groups in total. The van der Waals surface area contributed by atoms with Gasteiger partial charge < -0.3 is 15.0 Å². The summed E-state index contributed by atoms with van der Waals surface area (Å²) in [6.07, 6.45) is 3.80. The molecule has 0 aliphatic rings. The van der Waals surface area contributed by atoms with Crippen molar-refractivity contribution in [3.05, 3.63) is 12.7 Å². The average Bonchev–Trinajstić information content (AvgIpc) is 2.24. The summed E-state index contributed by atoms with van der Waals surface area (Å²) in [5.74, 6) is 0.121. The van der Waals surface area contributed by atoms with E-state index < -0.39 is 0 Å². The molecule has 1 amide bonds. The van der Waals surface area contributed by atoms with Crippen LogP contribution in [0.1, 0.15) is 12.8 Å². The Bertz CT molecular complexity index is 183. The molecule has 0 saturated heterocycles. The first kappa shape index (κ1) is 14.1. The number of likely N-dealkylation sites (N-methyl/N-ethyl adjacent to an activating group) is 1. The van der Waals surface area contributed by atoms with E-state index in [0.29, 0.717) is 19.7 Å². The number of ether oxygens (including phenoxy) is 1. The van der Waals surface area contributed by atoms with Gasteiger partial charge in [-0.1, -0.05) is 6.08 Å². The van der Waals surface area contributed by atoms with Crippen molar-refractivity contribution >= 4 is 5.91 Å². The molecule has 15 heavy (non-hydrogen) atoms. The van der Waals surface area contributed by atoms with Crippen LogP contribution in [0.4, 0.5) is 0 Å². The first-order chi connectivity index (χ1) is 7.22. The third-order valence-electron chi connectivity index (χ3n) is 2.09. The molecule has 0 atom stereocenters. The zero-order chi connectivity index (χ0) is 11.5.